The summed E-state index contributed by atoms with van der Waals surface area (Å²) in [6.45, 7) is 9.85. The van der Waals surface area contributed by atoms with Gasteiger partial charge >= 0.3 is 0 Å². The third-order valence-corrected chi connectivity index (χ3v) is 2.11. The van der Waals surface area contributed by atoms with Crippen molar-refractivity contribution in [3.63, 3.8) is 0 Å². The third-order valence-electron chi connectivity index (χ3n) is 2.11. The van der Waals surface area contributed by atoms with Gasteiger partial charge < -0.3 is 10.6 Å². The monoisotopic (exact) mass is 172 g/mol. The van der Waals surface area contributed by atoms with Crippen molar-refractivity contribution in [2.45, 2.75) is 27.2 Å². The van der Waals surface area contributed by atoms with E-state index in [1.807, 2.05) is 0 Å². The summed E-state index contributed by atoms with van der Waals surface area (Å²) in [5, 5.41) is 0. The summed E-state index contributed by atoms with van der Waals surface area (Å²) < 4.78 is 0. The van der Waals surface area contributed by atoms with Crippen molar-refractivity contribution in [1.29, 1.82) is 0 Å². The molecule has 0 saturated carbocycles. The highest BCUT2D eigenvalue weighted by Gasteiger charge is 2.04. The molecule has 0 bridgehead atoms. The molecule has 0 aromatic rings. The maximum atomic E-state index is 5.55. The highest BCUT2D eigenvalue weighted by Crippen LogP contribution is 2.02. The molecule has 12 heavy (non-hydrogen) atoms. The lowest BCUT2D eigenvalue weighted by Gasteiger charge is -2.20. The fraction of sp³-hybridized carbons (Fsp3) is 1.00. The van der Waals surface area contributed by atoms with Gasteiger partial charge in [-0.3, -0.25) is 0 Å². The number of rotatable bonds is 6. The Morgan fingerprint density at radius 1 is 1.25 bits per heavy atom. The summed E-state index contributed by atoms with van der Waals surface area (Å²) >= 11 is 0. The minimum absolute atomic E-state index is 0.627. The first kappa shape index (κ1) is 11.9. The number of nitrogens with zero attached hydrogens (tertiary/aromatic N) is 1. The highest BCUT2D eigenvalue weighted by molar-refractivity contribution is 4.60. The van der Waals surface area contributed by atoms with Crippen LogP contribution in [0, 0.1) is 11.8 Å². The van der Waals surface area contributed by atoms with Crippen molar-refractivity contribution in [3.05, 3.63) is 0 Å². The van der Waals surface area contributed by atoms with Crippen molar-refractivity contribution in [2.24, 2.45) is 17.6 Å². The molecule has 0 aliphatic heterocycles. The second-order valence-electron chi connectivity index (χ2n) is 4.29. The van der Waals surface area contributed by atoms with Crippen LogP contribution < -0.4 is 5.73 Å². The van der Waals surface area contributed by atoms with Gasteiger partial charge in [0.25, 0.3) is 0 Å². The topological polar surface area (TPSA) is 29.3 Å². The van der Waals surface area contributed by atoms with Gasteiger partial charge in [-0.2, -0.15) is 0 Å². The van der Waals surface area contributed by atoms with Gasteiger partial charge in [0.1, 0.15) is 0 Å². The lowest BCUT2D eigenvalue weighted by molar-refractivity contribution is 0.273. The zero-order valence-corrected chi connectivity index (χ0v) is 9.01. The molecule has 2 N–H and O–H groups in total. The average Bonchev–Trinajstić information content (AvgIpc) is 2.00. The molecule has 0 aliphatic carbocycles. The smallest absolute Gasteiger partial charge is 0.00160 e. The van der Waals surface area contributed by atoms with Gasteiger partial charge in [-0.05, 0) is 38.4 Å². The summed E-state index contributed by atoms with van der Waals surface area (Å²) in [6, 6.07) is 0. The Hall–Kier alpha value is -0.0800. The van der Waals surface area contributed by atoms with E-state index in [1.165, 1.54) is 13.0 Å². The molecule has 0 heterocycles. The van der Waals surface area contributed by atoms with Gasteiger partial charge in [0.05, 0.1) is 0 Å². The van der Waals surface area contributed by atoms with Crippen molar-refractivity contribution in [2.75, 3.05) is 26.7 Å². The molecule has 0 radical (unpaired) electrons. The van der Waals surface area contributed by atoms with Crippen LogP contribution >= 0.6 is 0 Å². The summed E-state index contributed by atoms with van der Waals surface area (Å²) in [7, 11) is 2.18. The molecule has 0 rings (SSSR count). The van der Waals surface area contributed by atoms with Crippen LogP contribution in [0.1, 0.15) is 27.2 Å². The SMILES string of the molecule is CC(C)CCN(C)CC(C)CN. The Labute approximate surface area is 77.1 Å². The van der Waals surface area contributed by atoms with E-state index in [4.69, 9.17) is 5.73 Å². The van der Waals surface area contributed by atoms with Gasteiger partial charge in [0.15, 0.2) is 0 Å². The van der Waals surface area contributed by atoms with Crippen molar-refractivity contribution in [3.8, 4) is 0 Å². The Kier molecular flexibility index (Phi) is 6.39. The molecule has 0 amide bonds. The van der Waals surface area contributed by atoms with Gasteiger partial charge in [-0.15, -0.1) is 0 Å². The number of hydrogen-bond donors (Lipinski definition) is 1. The Bertz CT molecular complexity index is 102. The van der Waals surface area contributed by atoms with E-state index in [-0.39, 0.29) is 0 Å². The van der Waals surface area contributed by atoms with E-state index in [1.54, 1.807) is 0 Å². The molecule has 0 aliphatic rings. The molecule has 0 spiro atoms. The Morgan fingerprint density at radius 3 is 2.25 bits per heavy atom. The number of hydrogen-bond acceptors (Lipinski definition) is 2. The average molecular weight is 172 g/mol. The Balaban J connectivity index is 3.39. The van der Waals surface area contributed by atoms with Crippen LogP contribution in [0.25, 0.3) is 0 Å². The van der Waals surface area contributed by atoms with Crippen LogP contribution in [0.5, 0.6) is 0 Å². The fourth-order valence-electron chi connectivity index (χ4n) is 1.18. The first-order valence-corrected chi connectivity index (χ1v) is 4.94. The van der Waals surface area contributed by atoms with E-state index in [9.17, 15) is 0 Å². The first-order chi connectivity index (χ1) is 5.56. The molecular weight excluding hydrogens is 148 g/mol. The van der Waals surface area contributed by atoms with Crippen LogP contribution in [-0.4, -0.2) is 31.6 Å². The molecule has 0 saturated heterocycles. The Morgan fingerprint density at radius 2 is 1.83 bits per heavy atom. The third kappa shape index (κ3) is 6.62. The van der Waals surface area contributed by atoms with Crippen LogP contribution in [-0.2, 0) is 0 Å². The molecule has 74 valence electrons. The standard InChI is InChI=1S/C10H24N2/c1-9(2)5-6-12(4)8-10(3)7-11/h9-10H,5-8,11H2,1-4H3. The molecule has 0 aromatic heterocycles. The largest absolute Gasteiger partial charge is 0.330 e. The zero-order chi connectivity index (χ0) is 9.56. The summed E-state index contributed by atoms with van der Waals surface area (Å²) in [4.78, 5) is 2.37. The van der Waals surface area contributed by atoms with Crippen molar-refractivity contribution < 1.29 is 0 Å². The van der Waals surface area contributed by atoms with E-state index in [2.05, 4.69) is 32.7 Å². The molecule has 0 fully saturated rings. The first-order valence-electron chi connectivity index (χ1n) is 4.94. The molecule has 0 aromatic carbocycles. The van der Waals surface area contributed by atoms with Crippen LogP contribution in [0.3, 0.4) is 0 Å². The molecule has 2 nitrogen and oxygen atoms in total. The van der Waals surface area contributed by atoms with Crippen LogP contribution in [0.4, 0.5) is 0 Å². The van der Waals surface area contributed by atoms with E-state index in [0.29, 0.717) is 5.92 Å². The lowest BCUT2D eigenvalue weighted by atomic mass is 10.1. The summed E-state index contributed by atoms with van der Waals surface area (Å²) in [5.41, 5.74) is 5.55. The quantitative estimate of drug-likeness (QED) is 0.659. The normalized spacial score (nSPS) is 14.2. The molecule has 2 heteroatoms. The predicted molar refractivity (Wildman–Crippen MR) is 55.2 cm³/mol. The fourth-order valence-corrected chi connectivity index (χ4v) is 1.18. The lowest BCUT2D eigenvalue weighted by Crippen LogP contribution is -2.29. The van der Waals surface area contributed by atoms with E-state index in [0.717, 1.165) is 19.0 Å². The van der Waals surface area contributed by atoms with Crippen molar-refractivity contribution in [1.82, 2.24) is 4.90 Å². The molecule has 1 unspecified atom stereocenters. The van der Waals surface area contributed by atoms with Crippen LogP contribution in [0.2, 0.25) is 0 Å². The van der Waals surface area contributed by atoms with Gasteiger partial charge in [-0.25, -0.2) is 0 Å². The van der Waals surface area contributed by atoms with E-state index >= 15 is 0 Å². The van der Waals surface area contributed by atoms with Crippen LogP contribution in [0.15, 0.2) is 0 Å². The minimum atomic E-state index is 0.627. The second kappa shape index (κ2) is 6.44. The minimum Gasteiger partial charge on any atom is -0.330 e. The highest BCUT2D eigenvalue weighted by atomic mass is 15.1. The van der Waals surface area contributed by atoms with E-state index < -0.39 is 0 Å². The number of nitrogens with two attached hydrogens (primary N) is 1. The van der Waals surface area contributed by atoms with Gasteiger partial charge in [0, 0.05) is 6.54 Å². The maximum absolute atomic E-state index is 5.55. The molecule has 1 atom stereocenters. The van der Waals surface area contributed by atoms with Gasteiger partial charge in [-0.1, -0.05) is 20.8 Å². The summed E-state index contributed by atoms with van der Waals surface area (Å²) in [6.07, 6.45) is 1.29. The molecular formula is C10H24N2. The van der Waals surface area contributed by atoms with Crippen molar-refractivity contribution >= 4 is 0 Å². The summed E-state index contributed by atoms with van der Waals surface area (Å²) in [5.74, 6) is 1.43. The maximum Gasteiger partial charge on any atom is 0.00160 e. The second-order valence-corrected chi connectivity index (χ2v) is 4.29. The van der Waals surface area contributed by atoms with Gasteiger partial charge in [0.2, 0.25) is 0 Å². The predicted octanol–water partition coefficient (Wildman–Crippen LogP) is 1.56. The zero-order valence-electron chi connectivity index (χ0n) is 9.01.